The van der Waals surface area contributed by atoms with E-state index in [1.165, 1.54) is 12.1 Å². The van der Waals surface area contributed by atoms with E-state index in [0.29, 0.717) is 6.42 Å². The van der Waals surface area contributed by atoms with Gasteiger partial charge in [-0.05, 0) is 31.0 Å². The molecule has 0 saturated heterocycles. The highest BCUT2D eigenvalue weighted by molar-refractivity contribution is 5.27. The van der Waals surface area contributed by atoms with Gasteiger partial charge in [-0.1, -0.05) is 25.5 Å². The Morgan fingerprint density at radius 1 is 1.29 bits per heavy atom. The number of hydrogen-bond acceptors (Lipinski definition) is 3. The van der Waals surface area contributed by atoms with E-state index >= 15 is 0 Å². The summed E-state index contributed by atoms with van der Waals surface area (Å²) in [6.07, 6.45) is -4.04. The number of hydrogen-bond donors (Lipinski definition) is 3. The van der Waals surface area contributed by atoms with Crippen LogP contribution in [0.15, 0.2) is 24.3 Å². The van der Waals surface area contributed by atoms with Crippen LogP contribution < -0.4 is 5.32 Å². The number of aliphatic hydroxyl groups is 2. The predicted octanol–water partition coefficient (Wildman–Crippen LogP) is 2.88. The minimum absolute atomic E-state index is 0.0845. The van der Waals surface area contributed by atoms with Gasteiger partial charge in [-0.2, -0.15) is 13.2 Å². The van der Waals surface area contributed by atoms with Gasteiger partial charge in [0.1, 0.15) is 0 Å². The molecular weight excluding hydrogens is 283 g/mol. The lowest BCUT2D eigenvalue weighted by Crippen LogP contribution is -2.39. The molecule has 3 N–H and O–H groups in total. The number of aliphatic hydroxyl groups excluding tert-OH is 1. The molecule has 1 rings (SSSR count). The van der Waals surface area contributed by atoms with Crippen molar-refractivity contribution in [2.45, 2.75) is 44.6 Å². The monoisotopic (exact) mass is 305 g/mol. The van der Waals surface area contributed by atoms with Gasteiger partial charge in [0.2, 0.25) is 0 Å². The second-order valence-corrected chi connectivity index (χ2v) is 5.52. The summed E-state index contributed by atoms with van der Waals surface area (Å²) in [5, 5.41) is 22.8. The molecule has 3 nitrogen and oxygen atoms in total. The molecule has 0 radical (unpaired) electrons. The van der Waals surface area contributed by atoms with E-state index in [1.807, 2.05) is 6.92 Å². The smallest absolute Gasteiger partial charge is 0.389 e. The summed E-state index contributed by atoms with van der Waals surface area (Å²) in [5.41, 5.74) is -1.47. The lowest BCUT2D eigenvalue weighted by atomic mass is 10.0. The van der Waals surface area contributed by atoms with Crippen LogP contribution in [0, 0.1) is 0 Å². The van der Waals surface area contributed by atoms with Crippen molar-refractivity contribution >= 4 is 0 Å². The summed E-state index contributed by atoms with van der Waals surface area (Å²) in [5.74, 6) is 0. The highest BCUT2D eigenvalue weighted by atomic mass is 19.4. The average Bonchev–Trinajstić information content (AvgIpc) is 2.37. The van der Waals surface area contributed by atoms with Crippen LogP contribution in [0.25, 0.3) is 0 Å². The second-order valence-electron chi connectivity index (χ2n) is 5.52. The maximum Gasteiger partial charge on any atom is 0.416 e. The Kier molecular flexibility index (Phi) is 6.19. The van der Waals surface area contributed by atoms with E-state index in [0.717, 1.165) is 18.6 Å². The van der Waals surface area contributed by atoms with Gasteiger partial charge < -0.3 is 15.5 Å². The Morgan fingerprint density at radius 3 is 2.52 bits per heavy atom. The molecule has 0 heterocycles. The third-order valence-electron chi connectivity index (χ3n) is 3.23. The van der Waals surface area contributed by atoms with Crippen LogP contribution in [-0.2, 0) is 6.18 Å². The molecule has 0 fully saturated rings. The van der Waals surface area contributed by atoms with Gasteiger partial charge in [-0.3, -0.25) is 0 Å². The maximum atomic E-state index is 12.6. The first-order chi connectivity index (χ1) is 9.65. The van der Waals surface area contributed by atoms with Crippen molar-refractivity contribution in [1.82, 2.24) is 5.32 Å². The third kappa shape index (κ3) is 6.03. The SMILES string of the molecule is CCCC(C)(O)CNCC(O)c1cccc(C(F)(F)F)c1. The molecule has 1 aromatic rings. The predicted molar refractivity (Wildman–Crippen MR) is 74.8 cm³/mol. The van der Waals surface area contributed by atoms with E-state index in [4.69, 9.17) is 0 Å². The third-order valence-corrected chi connectivity index (χ3v) is 3.23. The molecule has 0 bridgehead atoms. The summed E-state index contributed by atoms with van der Waals surface area (Å²) in [6, 6.07) is 4.63. The zero-order valence-electron chi connectivity index (χ0n) is 12.2. The van der Waals surface area contributed by atoms with Crippen LogP contribution in [0.1, 0.15) is 43.9 Å². The molecule has 2 unspecified atom stereocenters. The van der Waals surface area contributed by atoms with E-state index < -0.39 is 23.4 Å². The van der Waals surface area contributed by atoms with Gasteiger partial charge in [-0.25, -0.2) is 0 Å². The molecule has 1 aromatic carbocycles. The Hall–Kier alpha value is -1.11. The molecule has 2 atom stereocenters. The molecular formula is C15H22F3NO2. The Bertz CT molecular complexity index is 447. The normalized spacial score (nSPS) is 16.5. The van der Waals surface area contributed by atoms with Crippen molar-refractivity contribution in [3.05, 3.63) is 35.4 Å². The highest BCUT2D eigenvalue weighted by Gasteiger charge is 2.30. The van der Waals surface area contributed by atoms with Crippen molar-refractivity contribution in [3.8, 4) is 0 Å². The topological polar surface area (TPSA) is 52.5 Å². The molecule has 0 spiro atoms. The van der Waals surface area contributed by atoms with E-state index in [-0.39, 0.29) is 18.7 Å². The van der Waals surface area contributed by atoms with Crippen molar-refractivity contribution in [2.24, 2.45) is 0 Å². The zero-order chi connectivity index (χ0) is 16.1. The largest absolute Gasteiger partial charge is 0.416 e. The standard InChI is InChI=1S/C15H22F3NO2/c1-3-7-14(2,21)10-19-9-13(20)11-5-4-6-12(8-11)15(16,17)18/h4-6,8,13,19-21H,3,7,9-10H2,1-2H3. The molecule has 0 amide bonds. The molecule has 120 valence electrons. The van der Waals surface area contributed by atoms with Crippen molar-refractivity contribution in [1.29, 1.82) is 0 Å². The van der Waals surface area contributed by atoms with Gasteiger partial charge in [-0.15, -0.1) is 0 Å². The molecule has 0 aliphatic carbocycles. The number of nitrogens with one attached hydrogen (secondary N) is 1. The minimum Gasteiger partial charge on any atom is -0.389 e. The molecule has 0 aromatic heterocycles. The first kappa shape index (κ1) is 17.9. The summed E-state index contributed by atoms with van der Waals surface area (Å²) >= 11 is 0. The van der Waals surface area contributed by atoms with Gasteiger partial charge in [0, 0.05) is 13.1 Å². The van der Waals surface area contributed by atoms with E-state index in [1.54, 1.807) is 6.92 Å². The van der Waals surface area contributed by atoms with E-state index in [2.05, 4.69) is 5.32 Å². The van der Waals surface area contributed by atoms with Crippen LogP contribution in [0.3, 0.4) is 0 Å². The fraction of sp³-hybridized carbons (Fsp3) is 0.600. The van der Waals surface area contributed by atoms with Gasteiger partial charge >= 0.3 is 6.18 Å². The van der Waals surface area contributed by atoms with Crippen LogP contribution >= 0.6 is 0 Å². The first-order valence-corrected chi connectivity index (χ1v) is 6.94. The molecule has 6 heteroatoms. The quantitative estimate of drug-likeness (QED) is 0.726. The minimum atomic E-state index is -4.42. The van der Waals surface area contributed by atoms with Crippen LogP contribution in [-0.4, -0.2) is 28.9 Å². The number of benzene rings is 1. The number of halogens is 3. The summed E-state index contributed by atoms with van der Waals surface area (Å²) in [7, 11) is 0. The van der Waals surface area contributed by atoms with Gasteiger partial charge in [0.25, 0.3) is 0 Å². The van der Waals surface area contributed by atoms with Crippen molar-refractivity contribution in [2.75, 3.05) is 13.1 Å². The van der Waals surface area contributed by atoms with Crippen molar-refractivity contribution < 1.29 is 23.4 Å². The van der Waals surface area contributed by atoms with Crippen molar-refractivity contribution in [3.63, 3.8) is 0 Å². The molecule has 0 aliphatic heterocycles. The van der Waals surface area contributed by atoms with Crippen LogP contribution in [0.5, 0.6) is 0 Å². The average molecular weight is 305 g/mol. The zero-order valence-corrected chi connectivity index (χ0v) is 12.2. The number of alkyl halides is 3. The molecule has 21 heavy (non-hydrogen) atoms. The fourth-order valence-corrected chi connectivity index (χ4v) is 2.15. The highest BCUT2D eigenvalue weighted by Crippen LogP contribution is 2.30. The molecule has 0 saturated carbocycles. The lowest BCUT2D eigenvalue weighted by molar-refractivity contribution is -0.137. The van der Waals surface area contributed by atoms with Gasteiger partial charge in [0.15, 0.2) is 0 Å². The van der Waals surface area contributed by atoms with Crippen LogP contribution in [0.2, 0.25) is 0 Å². The molecule has 0 aliphatic rings. The Balaban J connectivity index is 2.58. The first-order valence-electron chi connectivity index (χ1n) is 6.94. The summed E-state index contributed by atoms with van der Waals surface area (Å²) < 4.78 is 37.8. The summed E-state index contributed by atoms with van der Waals surface area (Å²) in [4.78, 5) is 0. The fourth-order valence-electron chi connectivity index (χ4n) is 2.15. The summed E-state index contributed by atoms with van der Waals surface area (Å²) in [6.45, 7) is 3.99. The van der Waals surface area contributed by atoms with Crippen LogP contribution in [0.4, 0.5) is 13.2 Å². The Labute approximate surface area is 122 Å². The lowest BCUT2D eigenvalue weighted by Gasteiger charge is -2.24. The van der Waals surface area contributed by atoms with E-state index in [9.17, 15) is 23.4 Å². The van der Waals surface area contributed by atoms with Gasteiger partial charge in [0.05, 0.1) is 17.3 Å². The maximum absolute atomic E-state index is 12.6. The second kappa shape index (κ2) is 7.24. The number of rotatable bonds is 7. The Morgan fingerprint density at radius 2 is 1.95 bits per heavy atom.